The van der Waals surface area contributed by atoms with Gasteiger partial charge in [-0.25, -0.2) is 9.78 Å². The van der Waals surface area contributed by atoms with Crippen molar-refractivity contribution in [2.24, 2.45) is 5.92 Å². The van der Waals surface area contributed by atoms with Gasteiger partial charge in [0, 0.05) is 17.2 Å². The fourth-order valence-electron chi connectivity index (χ4n) is 2.14. The van der Waals surface area contributed by atoms with Crippen molar-refractivity contribution in [3.8, 4) is 0 Å². The number of rotatable bonds is 3. The van der Waals surface area contributed by atoms with E-state index in [9.17, 15) is 4.79 Å². The van der Waals surface area contributed by atoms with Gasteiger partial charge in [0.25, 0.3) is 0 Å². The number of aromatic nitrogens is 1. The maximum Gasteiger partial charge on any atom is 0.320 e. The summed E-state index contributed by atoms with van der Waals surface area (Å²) in [5.41, 5.74) is 0. The van der Waals surface area contributed by atoms with Crippen LogP contribution in [0.5, 0.6) is 0 Å². The Balaban J connectivity index is 1.73. The summed E-state index contributed by atoms with van der Waals surface area (Å²) in [5.74, 6) is 1.13. The van der Waals surface area contributed by atoms with Gasteiger partial charge in [0.1, 0.15) is 5.82 Å². The second-order valence-corrected chi connectivity index (χ2v) is 5.86. The van der Waals surface area contributed by atoms with Gasteiger partial charge < -0.3 is 10.2 Å². The normalized spacial score (nSPS) is 17.2. The summed E-state index contributed by atoms with van der Waals surface area (Å²) >= 11 is 3.34. The average molecular weight is 327 g/mol. The van der Waals surface area contributed by atoms with E-state index in [4.69, 9.17) is 0 Å². The predicted octanol–water partition coefficient (Wildman–Crippen LogP) is 2.31. The molecule has 0 spiro atoms. The van der Waals surface area contributed by atoms with Crippen LogP contribution in [0.15, 0.2) is 22.8 Å². The van der Waals surface area contributed by atoms with Crippen molar-refractivity contribution in [3.63, 3.8) is 0 Å². The molecule has 2 amide bonds. The SMILES string of the molecule is CN1CCC(CNC(=O)Nc2cc(Br)ccn2)CC1. The Kier molecular flexibility index (Phi) is 5.15. The van der Waals surface area contributed by atoms with Gasteiger partial charge >= 0.3 is 6.03 Å². The lowest BCUT2D eigenvalue weighted by Gasteiger charge is -2.28. The summed E-state index contributed by atoms with van der Waals surface area (Å²) in [6, 6.07) is 3.40. The summed E-state index contributed by atoms with van der Waals surface area (Å²) in [7, 11) is 2.13. The molecule has 1 aromatic rings. The molecule has 5 nitrogen and oxygen atoms in total. The van der Waals surface area contributed by atoms with Crippen LogP contribution in [0.25, 0.3) is 0 Å². The first-order valence-electron chi connectivity index (χ1n) is 6.48. The van der Waals surface area contributed by atoms with E-state index in [1.165, 1.54) is 0 Å². The Morgan fingerprint density at radius 3 is 2.95 bits per heavy atom. The van der Waals surface area contributed by atoms with Gasteiger partial charge in [-0.1, -0.05) is 15.9 Å². The highest BCUT2D eigenvalue weighted by atomic mass is 79.9. The molecule has 104 valence electrons. The number of likely N-dealkylation sites (tertiary alicyclic amines) is 1. The Bertz CT molecular complexity index is 432. The van der Waals surface area contributed by atoms with Crippen LogP contribution in [0.1, 0.15) is 12.8 Å². The second-order valence-electron chi connectivity index (χ2n) is 4.94. The van der Waals surface area contributed by atoms with Gasteiger partial charge in [-0.2, -0.15) is 0 Å². The van der Waals surface area contributed by atoms with Gasteiger partial charge in [0.15, 0.2) is 0 Å². The van der Waals surface area contributed by atoms with E-state index in [2.05, 4.69) is 43.5 Å². The lowest BCUT2D eigenvalue weighted by molar-refractivity contribution is 0.213. The maximum absolute atomic E-state index is 11.7. The molecule has 0 saturated carbocycles. The molecular formula is C13H19BrN4O. The molecule has 0 unspecified atom stereocenters. The maximum atomic E-state index is 11.7. The summed E-state index contributed by atoms with van der Waals surface area (Å²) in [5, 5.41) is 5.64. The highest BCUT2D eigenvalue weighted by Gasteiger charge is 2.17. The van der Waals surface area contributed by atoms with Crippen molar-refractivity contribution in [2.75, 3.05) is 32.0 Å². The molecule has 2 heterocycles. The second kappa shape index (κ2) is 6.86. The molecule has 1 aromatic heterocycles. The third-order valence-corrected chi connectivity index (χ3v) is 3.85. The standard InChI is InChI=1S/C13H19BrN4O/c1-18-6-3-10(4-7-18)9-16-13(19)17-12-8-11(14)2-5-15-12/h2,5,8,10H,3-4,6-7,9H2,1H3,(H2,15,16,17,19). The zero-order valence-electron chi connectivity index (χ0n) is 11.0. The molecular weight excluding hydrogens is 308 g/mol. The number of hydrogen-bond acceptors (Lipinski definition) is 3. The first-order chi connectivity index (χ1) is 9.13. The van der Waals surface area contributed by atoms with E-state index in [1.54, 1.807) is 12.3 Å². The third-order valence-electron chi connectivity index (χ3n) is 3.35. The summed E-state index contributed by atoms with van der Waals surface area (Å²) < 4.78 is 0.896. The lowest BCUT2D eigenvalue weighted by Crippen LogP contribution is -2.38. The first kappa shape index (κ1) is 14.3. The molecule has 19 heavy (non-hydrogen) atoms. The number of carbonyl (C=O) groups excluding carboxylic acids is 1. The molecule has 1 saturated heterocycles. The highest BCUT2D eigenvalue weighted by Crippen LogP contribution is 2.15. The van der Waals surface area contributed by atoms with Crippen molar-refractivity contribution in [1.82, 2.24) is 15.2 Å². The van der Waals surface area contributed by atoms with E-state index >= 15 is 0 Å². The molecule has 1 aliphatic heterocycles. The summed E-state index contributed by atoms with van der Waals surface area (Å²) in [6.07, 6.45) is 3.94. The van der Waals surface area contributed by atoms with Crippen molar-refractivity contribution in [1.29, 1.82) is 0 Å². The van der Waals surface area contributed by atoms with Gasteiger partial charge in [0.2, 0.25) is 0 Å². The minimum absolute atomic E-state index is 0.190. The molecule has 2 N–H and O–H groups in total. The summed E-state index contributed by atoms with van der Waals surface area (Å²) in [6.45, 7) is 2.95. The number of anilines is 1. The van der Waals surface area contributed by atoms with Crippen molar-refractivity contribution in [3.05, 3.63) is 22.8 Å². The average Bonchev–Trinajstić information content (AvgIpc) is 2.38. The summed E-state index contributed by atoms with van der Waals surface area (Å²) in [4.78, 5) is 18.1. The van der Waals surface area contributed by atoms with Crippen LogP contribution in [-0.2, 0) is 0 Å². The Morgan fingerprint density at radius 2 is 2.26 bits per heavy atom. The number of amides is 2. The minimum Gasteiger partial charge on any atom is -0.338 e. The van der Waals surface area contributed by atoms with E-state index in [1.807, 2.05) is 6.07 Å². The lowest BCUT2D eigenvalue weighted by atomic mass is 9.97. The highest BCUT2D eigenvalue weighted by molar-refractivity contribution is 9.10. The topological polar surface area (TPSA) is 57.3 Å². The number of piperidine rings is 1. The van der Waals surface area contributed by atoms with E-state index in [-0.39, 0.29) is 6.03 Å². The van der Waals surface area contributed by atoms with E-state index in [0.29, 0.717) is 11.7 Å². The molecule has 1 fully saturated rings. The molecule has 0 atom stereocenters. The zero-order chi connectivity index (χ0) is 13.7. The van der Waals surface area contributed by atoms with Crippen molar-refractivity contribution >= 4 is 27.8 Å². The monoisotopic (exact) mass is 326 g/mol. The van der Waals surface area contributed by atoms with Crippen LogP contribution < -0.4 is 10.6 Å². The van der Waals surface area contributed by atoms with E-state index < -0.39 is 0 Å². The van der Waals surface area contributed by atoms with Crippen molar-refractivity contribution < 1.29 is 4.79 Å². The van der Waals surface area contributed by atoms with Gasteiger partial charge in [0.05, 0.1) is 0 Å². The van der Waals surface area contributed by atoms with Crippen LogP contribution in [-0.4, -0.2) is 42.6 Å². The quantitative estimate of drug-likeness (QED) is 0.896. The number of pyridine rings is 1. The van der Waals surface area contributed by atoms with E-state index in [0.717, 1.165) is 36.9 Å². The Hall–Kier alpha value is -1.14. The number of halogens is 1. The van der Waals surface area contributed by atoms with Crippen molar-refractivity contribution in [2.45, 2.75) is 12.8 Å². The largest absolute Gasteiger partial charge is 0.338 e. The molecule has 0 radical (unpaired) electrons. The molecule has 6 heteroatoms. The number of hydrogen-bond donors (Lipinski definition) is 2. The van der Waals surface area contributed by atoms with Crippen LogP contribution in [0.2, 0.25) is 0 Å². The Morgan fingerprint density at radius 1 is 1.53 bits per heavy atom. The van der Waals surface area contributed by atoms with Crippen LogP contribution in [0.3, 0.4) is 0 Å². The molecule has 0 aliphatic carbocycles. The number of carbonyl (C=O) groups is 1. The fourth-order valence-corrected chi connectivity index (χ4v) is 2.47. The molecule has 1 aliphatic rings. The minimum atomic E-state index is -0.190. The molecule has 0 aromatic carbocycles. The number of nitrogens with zero attached hydrogens (tertiary/aromatic N) is 2. The molecule has 0 bridgehead atoms. The van der Waals surface area contributed by atoms with Gasteiger partial charge in [-0.05, 0) is 51.0 Å². The predicted molar refractivity (Wildman–Crippen MR) is 79.2 cm³/mol. The number of nitrogens with one attached hydrogen (secondary N) is 2. The number of urea groups is 1. The van der Waals surface area contributed by atoms with Gasteiger partial charge in [-0.3, -0.25) is 5.32 Å². The van der Waals surface area contributed by atoms with Crippen LogP contribution in [0.4, 0.5) is 10.6 Å². The molecule has 2 rings (SSSR count). The third kappa shape index (κ3) is 4.80. The van der Waals surface area contributed by atoms with Gasteiger partial charge in [-0.15, -0.1) is 0 Å². The Labute approximate surface area is 121 Å². The first-order valence-corrected chi connectivity index (χ1v) is 7.28. The van der Waals surface area contributed by atoms with Crippen LogP contribution >= 0.6 is 15.9 Å². The smallest absolute Gasteiger partial charge is 0.320 e. The van der Waals surface area contributed by atoms with Crippen LogP contribution in [0, 0.1) is 5.92 Å². The zero-order valence-corrected chi connectivity index (χ0v) is 12.6. The fraction of sp³-hybridized carbons (Fsp3) is 0.538.